The Hall–Kier alpha value is -1.10. The van der Waals surface area contributed by atoms with Crippen LogP contribution in [0.5, 0.6) is 5.75 Å². The number of ether oxygens (including phenoxy) is 1. The summed E-state index contributed by atoms with van der Waals surface area (Å²) < 4.78 is 4.92. The number of hydrogen-bond donors (Lipinski definition) is 2. The Morgan fingerprint density at radius 2 is 2.12 bits per heavy atom. The Bertz CT molecular complexity index is 366. The van der Waals surface area contributed by atoms with Crippen molar-refractivity contribution in [2.45, 2.75) is 19.6 Å². The summed E-state index contributed by atoms with van der Waals surface area (Å²) >= 11 is 0. The van der Waals surface area contributed by atoms with E-state index in [0.717, 1.165) is 0 Å². The van der Waals surface area contributed by atoms with Gasteiger partial charge in [0.1, 0.15) is 11.5 Å². The van der Waals surface area contributed by atoms with E-state index in [1.54, 1.807) is 38.2 Å². The van der Waals surface area contributed by atoms with Gasteiger partial charge in [-0.25, -0.2) is 0 Å². The van der Waals surface area contributed by atoms with E-state index in [9.17, 15) is 9.90 Å². The first-order valence-electron chi connectivity index (χ1n) is 4.66. The minimum Gasteiger partial charge on any atom is -0.427 e. The van der Waals surface area contributed by atoms with E-state index in [0.29, 0.717) is 11.3 Å². The molecule has 0 saturated heterocycles. The van der Waals surface area contributed by atoms with Crippen molar-refractivity contribution in [3.05, 3.63) is 29.8 Å². The average molecular weight is 246 g/mol. The number of hydrogen-bond acceptors (Lipinski definition) is 4. The molecule has 1 atom stereocenters. The highest BCUT2D eigenvalue weighted by atomic mass is 35.5. The number of rotatable bonds is 3. The highest BCUT2D eigenvalue weighted by Crippen LogP contribution is 2.21. The van der Waals surface area contributed by atoms with Crippen molar-refractivity contribution in [2.24, 2.45) is 0 Å². The first-order chi connectivity index (χ1) is 6.95. The molecule has 0 spiro atoms. The number of benzene rings is 1. The van der Waals surface area contributed by atoms with Crippen LogP contribution < -0.4 is 10.1 Å². The van der Waals surface area contributed by atoms with Gasteiger partial charge in [-0.05, 0) is 26.1 Å². The van der Waals surface area contributed by atoms with E-state index >= 15 is 0 Å². The molecule has 0 saturated carbocycles. The fourth-order valence-electron chi connectivity index (χ4n) is 1.17. The van der Waals surface area contributed by atoms with Gasteiger partial charge in [0.05, 0.1) is 0 Å². The summed E-state index contributed by atoms with van der Waals surface area (Å²) in [6.07, 6.45) is 0. The molecular weight excluding hydrogens is 230 g/mol. The molecular formula is C11H16ClNO3. The lowest BCUT2D eigenvalue weighted by molar-refractivity contribution is -0.131. The zero-order valence-electron chi connectivity index (χ0n) is 9.48. The van der Waals surface area contributed by atoms with Crippen molar-refractivity contribution >= 4 is 18.4 Å². The van der Waals surface area contributed by atoms with Crippen molar-refractivity contribution < 1.29 is 14.6 Å². The fraction of sp³-hybridized carbons (Fsp3) is 0.364. The molecule has 1 unspecified atom stereocenters. The largest absolute Gasteiger partial charge is 0.427 e. The van der Waals surface area contributed by atoms with E-state index in [2.05, 4.69) is 5.32 Å². The van der Waals surface area contributed by atoms with Crippen LogP contribution >= 0.6 is 12.4 Å². The summed E-state index contributed by atoms with van der Waals surface area (Å²) in [5.74, 6) is 0.0479. The van der Waals surface area contributed by atoms with Gasteiger partial charge in [0.25, 0.3) is 0 Å². The molecule has 5 heteroatoms. The second-order valence-corrected chi connectivity index (χ2v) is 3.44. The number of halogens is 1. The molecule has 16 heavy (non-hydrogen) atoms. The zero-order chi connectivity index (χ0) is 11.5. The summed E-state index contributed by atoms with van der Waals surface area (Å²) in [6, 6.07) is 6.76. The Balaban J connectivity index is 0.00000225. The number of carbonyl (C=O) groups excluding carboxylic acids is 1. The third-order valence-electron chi connectivity index (χ3n) is 2.14. The monoisotopic (exact) mass is 245 g/mol. The van der Waals surface area contributed by atoms with Crippen LogP contribution in [0.2, 0.25) is 0 Å². The van der Waals surface area contributed by atoms with Crippen LogP contribution in [0.15, 0.2) is 24.3 Å². The molecule has 90 valence electrons. The molecule has 0 amide bonds. The van der Waals surface area contributed by atoms with E-state index in [1.165, 1.54) is 6.92 Å². The van der Waals surface area contributed by atoms with Crippen LogP contribution in [0, 0.1) is 0 Å². The van der Waals surface area contributed by atoms with E-state index in [-0.39, 0.29) is 18.4 Å². The normalized spacial score (nSPS) is 13.5. The molecule has 0 radical (unpaired) electrons. The Labute approximate surface area is 101 Å². The van der Waals surface area contributed by atoms with Crippen LogP contribution in [-0.2, 0) is 10.5 Å². The second kappa shape index (κ2) is 5.84. The molecule has 0 aliphatic heterocycles. The third-order valence-corrected chi connectivity index (χ3v) is 2.14. The van der Waals surface area contributed by atoms with Gasteiger partial charge in [-0.15, -0.1) is 12.4 Å². The lowest BCUT2D eigenvalue weighted by Gasteiger charge is -2.23. The molecule has 0 aliphatic carbocycles. The molecule has 1 aromatic rings. The molecule has 2 N–H and O–H groups in total. The van der Waals surface area contributed by atoms with Crippen molar-refractivity contribution in [1.29, 1.82) is 0 Å². The molecule has 0 fully saturated rings. The van der Waals surface area contributed by atoms with E-state index < -0.39 is 5.72 Å². The van der Waals surface area contributed by atoms with Gasteiger partial charge in [0.2, 0.25) is 0 Å². The van der Waals surface area contributed by atoms with Crippen molar-refractivity contribution in [3.8, 4) is 5.75 Å². The third kappa shape index (κ3) is 3.81. The number of nitrogens with one attached hydrogen (secondary N) is 1. The van der Waals surface area contributed by atoms with Gasteiger partial charge < -0.3 is 9.84 Å². The summed E-state index contributed by atoms with van der Waals surface area (Å²) in [5.41, 5.74) is -0.486. The van der Waals surface area contributed by atoms with Crippen LogP contribution in [0.1, 0.15) is 19.4 Å². The minimum absolute atomic E-state index is 0. The van der Waals surface area contributed by atoms with Crippen LogP contribution in [0.3, 0.4) is 0 Å². The molecule has 0 bridgehead atoms. The molecule has 0 aliphatic rings. The maximum Gasteiger partial charge on any atom is 0.308 e. The van der Waals surface area contributed by atoms with Crippen molar-refractivity contribution in [2.75, 3.05) is 7.05 Å². The molecule has 4 nitrogen and oxygen atoms in total. The predicted molar refractivity (Wildman–Crippen MR) is 63.6 cm³/mol. The lowest BCUT2D eigenvalue weighted by Crippen LogP contribution is -2.36. The van der Waals surface area contributed by atoms with Gasteiger partial charge in [-0.1, -0.05) is 12.1 Å². The maximum atomic E-state index is 10.7. The number of carbonyl (C=O) groups is 1. The van der Waals surface area contributed by atoms with Gasteiger partial charge in [0.15, 0.2) is 0 Å². The predicted octanol–water partition coefficient (Wildman–Crippen LogP) is 1.42. The Morgan fingerprint density at radius 3 is 2.62 bits per heavy atom. The summed E-state index contributed by atoms with van der Waals surface area (Å²) in [6.45, 7) is 2.96. The van der Waals surface area contributed by atoms with Crippen LogP contribution in [0.4, 0.5) is 0 Å². The molecule has 1 aromatic carbocycles. The van der Waals surface area contributed by atoms with Crippen LogP contribution in [-0.4, -0.2) is 18.1 Å². The summed E-state index contributed by atoms with van der Waals surface area (Å²) in [5, 5.41) is 12.7. The molecule has 0 heterocycles. The molecule has 1 rings (SSSR count). The first kappa shape index (κ1) is 14.9. The van der Waals surface area contributed by atoms with Gasteiger partial charge >= 0.3 is 5.97 Å². The minimum atomic E-state index is -1.13. The van der Waals surface area contributed by atoms with Gasteiger partial charge in [-0.2, -0.15) is 0 Å². The van der Waals surface area contributed by atoms with Crippen LogP contribution in [0.25, 0.3) is 0 Å². The average Bonchev–Trinajstić information content (AvgIpc) is 2.17. The molecule has 0 aromatic heterocycles. The SMILES string of the molecule is CNC(C)(O)c1cccc(OC(C)=O)c1.Cl. The second-order valence-electron chi connectivity index (χ2n) is 3.44. The summed E-state index contributed by atoms with van der Waals surface area (Å²) in [4.78, 5) is 10.7. The fourth-order valence-corrected chi connectivity index (χ4v) is 1.17. The van der Waals surface area contributed by atoms with E-state index in [1.807, 2.05) is 0 Å². The van der Waals surface area contributed by atoms with Crippen molar-refractivity contribution in [1.82, 2.24) is 5.32 Å². The highest BCUT2D eigenvalue weighted by molar-refractivity contribution is 5.85. The van der Waals surface area contributed by atoms with Crippen molar-refractivity contribution in [3.63, 3.8) is 0 Å². The number of aliphatic hydroxyl groups is 1. The standard InChI is InChI=1S/C11H15NO3.ClH/c1-8(13)15-10-6-4-5-9(7-10)11(2,14)12-3;/h4-7,12,14H,1-3H3;1H. The van der Waals surface area contributed by atoms with Gasteiger partial charge in [0, 0.05) is 12.5 Å². The zero-order valence-corrected chi connectivity index (χ0v) is 10.3. The quantitative estimate of drug-likeness (QED) is 0.480. The Kier molecular flexibility index (Phi) is 5.44. The maximum absolute atomic E-state index is 10.7. The summed E-state index contributed by atoms with van der Waals surface area (Å²) in [7, 11) is 1.65. The lowest BCUT2D eigenvalue weighted by atomic mass is 10.1. The smallest absolute Gasteiger partial charge is 0.308 e. The first-order valence-corrected chi connectivity index (χ1v) is 4.66. The Morgan fingerprint density at radius 1 is 1.50 bits per heavy atom. The number of esters is 1. The highest BCUT2D eigenvalue weighted by Gasteiger charge is 2.20. The van der Waals surface area contributed by atoms with Gasteiger partial charge in [-0.3, -0.25) is 10.1 Å². The topological polar surface area (TPSA) is 58.6 Å². The van der Waals surface area contributed by atoms with E-state index in [4.69, 9.17) is 4.74 Å².